The van der Waals surface area contributed by atoms with Crippen molar-refractivity contribution in [3.05, 3.63) is 63.7 Å². The number of rotatable bonds is 4. The molecule has 0 unspecified atom stereocenters. The molecule has 6 heteroatoms. The number of fused-ring (bicyclic) bond motifs is 1. The van der Waals surface area contributed by atoms with Gasteiger partial charge >= 0.3 is 0 Å². The lowest BCUT2D eigenvalue weighted by molar-refractivity contribution is 0.0699. The van der Waals surface area contributed by atoms with Crippen LogP contribution in [0.3, 0.4) is 0 Å². The number of nitrogens with zero attached hydrogens (tertiary/aromatic N) is 2. The van der Waals surface area contributed by atoms with Crippen molar-refractivity contribution in [2.45, 2.75) is 19.0 Å². The minimum Gasteiger partial charge on any atom is -0.490 e. The van der Waals surface area contributed by atoms with Crippen LogP contribution in [0, 0.1) is 0 Å². The van der Waals surface area contributed by atoms with Crippen molar-refractivity contribution in [1.29, 1.82) is 0 Å². The lowest BCUT2D eigenvalue weighted by Crippen LogP contribution is -2.46. The first kappa shape index (κ1) is 17.2. The van der Waals surface area contributed by atoms with Crippen molar-refractivity contribution in [3.8, 4) is 5.75 Å². The van der Waals surface area contributed by atoms with Gasteiger partial charge in [0.15, 0.2) is 5.76 Å². The predicted octanol–water partition coefficient (Wildman–Crippen LogP) is 1.78. The van der Waals surface area contributed by atoms with Crippen LogP contribution in [0.5, 0.6) is 5.75 Å². The van der Waals surface area contributed by atoms with Crippen LogP contribution < -0.4 is 10.2 Å². The summed E-state index contributed by atoms with van der Waals surface area (Å²) in [5.41, 5.74) is 2.29. The molecule has 0 fully saturated rings. The highest BCUT2D eigenvalue weighted by Gasteiger charge is 2.26. The molecule has 132 valence electrons. The van der Waals surface area contributed by atoms with E-state index in [9.17, 15) is 9.59 Å². The average Bonchev–Trinajstić information content (AvgIpc) is 2.61. The number of carbonyl (C=O) groups excluding carboxylic acids is 1. The van der Waals surface area contributed by atoms with Crippen LogP contribution in [0.2, 0.25) is 0 Å². The first-order chi connectivity index (χ1) is 12.0. The molecule has 0 spiro atoms. The van der Waals surface area contributed by atoms with Crippen molar-refractivity contribution in [1.82, 2.24) is 9.80 Å². The van der Waals surface area contributed by atoms with E-state index < -0.39 is 0 Å². The van der Waals surface area contributed by atoms with Gasteiger partial charge in [0.05, 0.1) is 7.11 Å². The van der Waals surface area contributed by atoms with Gasteiger partial charge in [-0.05, 0) is 24.6 Å². The first-order valence-electron chi connectivity index (χ1n) is 8.19. The van der Waals surface area contributed by atoms with Crippen LogP contribution in [0.4, 0.5) is 0 Å². The van der Waals surface area contributed by atoms with E-state index in [0.717, 1.165) is 13.0 Å². The molecule has 25 heavy (non-hydrogen) atoms. The maximum atomic E-state index is 12.6. The summed E-state index contributed by atoms with van der Waals surface area (Å²) < 4.78 is 10.1. The quantitative estimate of drug-likeness (QED) is 0.847. The highest BCUT2D eigenvalue weighted by Crippen LogP contribution is 2.22. The molecular weight excluding hydrogens is 320 g/mol. The largest absolute Gasteiger partial charge is 0.490 e. The molecule has 1 aliphatic rings. The summed E-state index contributed by atoms with van der Waals surface area (Å²) in [7, 11) is 5.17. The predicted molar refractivity (Wildman–Crippen MR) is 93.9 cm³/mol. The van der Waals surface area contributed by atoms with Gasteiger partial charge in [0.1, 0.15) is 6.26 Å². The highest BCUT2D eigenvalue weighted by molar-refractivity contribution is 5.91. The van der Waals surface area contributed by atoms with Gasteiger partial charge < -0.3 is 14.1 Å². The topological polar surface area (TPSA) is 63.0 Å². The van der Waals surface area contributed by atoms with E-state index in [1.807, 2.05) is 12.1 Å². The minimum absolute atomic E-state index is 0.0205. The SMILES string of the molecule is COc1coc(C(=O)N(C)C[C@H]2Cc3ccccc3CN2C)cc1=O. The van der Waals surface area contributed by atoms with Gasteiger partial charge in [-0.3, -0.25) is 14.5 Å². The van der Waals surface area contributed by atoms with Gasteiger partial charge in [-0.25, -0.2) is 0 Å². The number of amides is 1. The zero-order valence-electron chi connectivity index (χ0n) is 14.7. The summed E-state index contributed by atoms with van der Waals surface area (Å²) in [6.07, 6.45) is 2.06. The molecule has 0 saturated heterocycles. The van der Waals surface area contributed by atoms with Crippen molar-refractivity contribution in [3.63, 3.8) is 0 Å². The average molecular weight is 342 g/mol. The zero-order valence-corrected chi connectivity index (χ0v) is 14.7. The van der Waals surface area contributed by atoms with E-state index in [2.05, 4.69) is 24.1 Å². The molecule has 1 atom stereocenters. The Labute approximate surface area is 146 Å². The Hall–Kier alpha value is -2.60. The molecule has 0 bridgehead atoms. The Bertz CT molecular complexity index is 830. The Morgan fingerprint density at radius 1 is 1.36 bits per heavy atom. The highest BCUT2D eigenvalue weighted by atomic mass is 16.5. The summed E-state index contributed by atoms with van der Waals surface area (Å²) >= 11 is 0. The van der Waals surface area contributed by atoms with E-state index in [1.165, 1.54) is 30.6 Å². The van der Waals surface area contributed by atoms with E-state index in [0.29, 0.717) is 6.54 Å². The van der Waals surface area contributed by atoms with Gasteiger partial charge in [-0.2, -0.15) is 0 Å². The van der Waals surface area contributed by atoms with Crippen molar-refractivity contribution in [2.75, 3.05) is 27.7 Å². The smallest absolute Gasteiger partial charge is 0.289 e. The van der Waals surface area contributed by atoms with Crippen LogP contribution in [-0.4, -0.2) is 49.5 Å². The third-order valence-electron chi connectivity index (χ3n) is 4.68. The molecule has 1 amide bonds. The Morgan fingerprint density at radius 2 is 2.08 bits per heavy atom. The summed E-state index contributed by atoms with van der Waals surface area (Å²) in [6.45, 7) is 1.42. The van der Waals surface area contributed by atoms with Gasteiger partial charge in [-0.1, -0.05) is 24.3 Å². The molecule has 2 heterocycles. The molecular formula is C19H22N2O4. The molecule has 0 aliphatic carbocycles. The maximum absolute atomic E-state index is 12.6. The molecule has 1 aromatic heterocycles. The van der Waals surface area contributed by atoms with Crippen LogP contribution in [0.15, 0.2) is 45.8 Å². The van der Waals surface area contributed by atoms with Gasteiger partial charge in [0.2, 0.25) is 11.2 Å². The second-order valence-electron chi connectivity index (χ2n) is 6.40. The number of carbonyl (C=O) groups is 1. The molecule has 3 rings (SSSR count). The second kappa shape index (κ2) is 7.11. The fraction of sp³-hybridized carbons (Fsp3) is 0.368. The Morgan fingerprint density at radius 3 is 2.76 bits per heavy atom. The number of ether oxygens (including phenoxy) is 1. The molecule has 1 aromatic carbocycles. The van der Waals surface area contributed by atoms with Crippen LogP contribution in [-0.2, 0) is 13.0 Å². The molecule has 0 radical (unpaired) electrons. The molecule has 0 saturated carbocycles. The van der Waals surface area contributed by atoms with Crippen molar-refractivity contribution in [2.24, 2.45) is 0 Å². The molecule has 1 aliphatic heterocycles. The Kier molecular flexibility index (Phi) is 4.90. The normalized spacial score (nSPS) is 17.0. The first-order valence-corrected chi connectivity index (χ1v) is 8.19. The second-order valence-corrected chi connectivity index (χ2v) is 6.40. The maximum Gasteiger partial charge on any atom is 0.289 e. The van der Waals surface area contributed by atoms with Gasteiger partial charge in [0.25, 0.3) is 5.91 Å². The summed E-state index contributed by atoms with van der Waals surface area (Å²) in [6, 6.07) is 9.77. The van der Waals surface area contributed by atoms with E-state index >= 15 is 0 Å². The monoisotopic (exact) mass is 342 g/mol. The Balaban J connectivity index is 1.71. The van der Waals surface area contributed by atoms with Gasteiger partial charge in [-0.15, -0.1) is 0 Å². The van der Waals surface area contributed by atoms with Crippen LogP contribution in [0.25, 0.3) is 0 Å². The third kappa shape index (κ3) is 3.58. The standard InChI is InChI=1S/C19H22N2O4/c1-20-10-14-7-5-4-6-13(14)8-15(20)11-21(2)19(23)17-9-16(22)18(24-3)12-25-17/h4-7,9,12,15H,8,10-11H2,1-3H3/t15-/m1/s1. The fourth-order valence-electron chi connectivity index (χ4n) is 3.17. The number of benzene rings is 1. The van der Waals surface area contributed by atoms with Crippen molar-refractivity contribution < 1.29 is 13.9 Å². The number of hydrogen-bond acceptors (Lipinski definition) is 5. The molecule has 2 aromatic rings. The number of hydrogen-bond donors (Lipinski definition) is 0. The molecule has 6 nitrogen and oxygen atoms in total. The zero-order chi connectivity index (χ0) is 18.0. The van der Waals surface area contributed by atoms with Crippen molar-refractivity contribution >= 4 is 5.91 Å². The summed E-state index contributed by atoms with van der Waals surface area (Å²) in [4.78, 5) is 28.2. The summed E-state index contributed by atoms with van der Waals surface area (Å²) in [5.74, 6) is -0.206. The van der Waals surface area contributed by atoms with E-state index in [4.69, 9.17) is 9.15 Å². The molecule has 0 N–H and O–H groups in total. The van der Waals surface area contributed by atoms with E-state index in [1.54, 1.807) is 11.9 Å². The third-order valence-corrected chi connectivity index (χ3v) is 4.68. The lowest BCUT2D eigenvalue weighted by atomic mass is 9.94. The van der Waals surface area contributed by atoms with Gasteiger partial charge in [0, 0.05) is 32.2 Å². The lowest BCUT2D eigenvalue weighted by Gasteiger charge is -2.36. The summed E-state index contributed by atoms with van der Waals surface area (Å²) in [5, 5.41) is 0. The number of methoxy groups -OCH3 is 1. The van der Waals surface area contributed by atoms with Crippen LogP contribution in [0.1, 0.15) is 21.7 Å². The van der Waals surface area contributed by atoms with E-state index in [-0.39, 0.29) is 28.9 Å². The number of likely N-dealkylation sites (N-methyl/N-ethyl adjacent to an activating group) is 2. The van der Waals surface area contributed by atoms with Crippen LogP contribution >= 0.6 is 0 Å². The minimum atomic E-state index is -0.366. The fourth-order valence-corrected chi connectivity index (χ4v) is 3.17.